The van der Waals surface area contributed by atoms with Crippen LogP contribution >= 0.6 is 0 Å². The molecule has 5 aromatic rings. The summed E-state index contributed by atoms with van der Waals surface area (Å²) in [5.74, 6) is 6.47. The van der Waals surface area contributed by atoms with Gasteiger partial charge in [0.1, 0.15) is 0 Å². The minimum Gasteiger partial charge on any atom is -0.274 e. The van der Waals surface area contributed by atoms with Crippen LogP contribution in [0, 0.1) is 23.7 Å². The van der Waals surface area contributed by atoms with Crippen molar-refractivity contribution >= 4 is 66.7 Å². The van der Waals surface area contributed by atoms with E-state index in [1.807, 2.05) is 24.3 Å². The normalized spacial score (nSPS) is 15.2. The standard InChI is InChI=1S/C50H58N2O4/c1-7-13-17-18-22-34-28-40-44-38(48(54)52(50(40)56)30-32(12-6)20-15-9-3)25-23-35-41-33(21-16-10-4)27-39-43-37(26-24-36(45(41)43)42(34)46(35)44)47(53)51(49(39)55)29-31(11-5)19-14-8-2/h23-28,31-32H,7-17,19-21,29-30H2,1-6H3. The third-order valence-electron chi connectivity index (χ3n) is 12.7. The van der Waals surface area contributed by atoms with Crippen LogP contribution in [-0.2, 0) is 6.42 Å². The largest absolute Gasteiger partial charge is 0.274 e. The fourth-order valence-corrected chi connectivity index (χ4v) is 9.42. The number of aryl methyl sites for hydroxylation is 1. The number of amides is 4. The predicted octanol–water partition coefficient (Wildman–Crippen LogP) is 12.2. The van der Waals surface area contributed by atoms with Gasteiger partial charge in [0, 0.05) is 68.9 Å². The van der Waals surface area contributed by atoms with Gasteiger partial charge in [0.15, 0.2) is 0 Å². The Hall–Kier alpha value is -4.76. The number of unbranched alkanes of at least 4 members (excludes halogenated alkanes) is 5. The highest BCUT2D eigenvalue weighted by molar-refractivity contribution is 6.42. The summed E-state index contributed by atoms with van der Waals surface area (Å²) in [5, 5.41) is 6.94. The zero-order valence-electron chi connectivity index (χ0n) is 34.5. The molecule has 0 fully saturated rings. The van der Waals surface area contributed by atoms with Crippen molar-refractivity contribution in [1.82, 2.24) is 9.80 Å². The summed E-state index contributed by atoms with van der Waals surface area (Å²) in [6.45, 7) is 13.8. The van der Waals surface area contributed by atoms with E-state index >= 15 is 0 Å². The second kappa shape index (κ2) is 16.8. The Balaban J connectivity index is 1.53. The number of imide groups is 2. The zero-order valence-corrected chi connectivity index (χ0v) is 34.5. The lowest BCUT2D eigenvalue weighted by atomic mass is 9.78. The maximum Gasteiger partial charge on any atom is 0.261 e. The fraction of sp³-hybridized carbons (Fsp3) is 0.480. The molecule has 6 nitrogen and oxygen atoms in total. The molecule has 0 aliphatic carbocycles. The lowest BCUT2D eigenvalue weighted by molar-refractivity contribution is 0.0565. The maximum atomic E-state index is 14.6. The van der Waals surface area contributed by atoms with Crippen molar-refractivity contribution in [2.45, 2.75) is 131 Å². The number of hydrogen-bond donors (Lipinski definition) is 0. The van der Waals surface area contributed by atoms with Crippen LogP contribution < -0.4 is 0 Å². The van der Waals surface area contributed by atoms with E-state index in [1.54, 1.807) is 0 Å². The molecule has 0 aromatic heterocycles. The topological polar surface area (TPSA) is 74.8 Å². The first-order chi connectivity index (χ1) is 27.2. The minimum absolute atomic E-state index is 0.213. The van der Waals surface area contributed by atoms with Crippen LogP contribution in [-0.4, -0.2) is 46.5 Å². The summed E-state index contributed by atoms with van der Waals surface area (Å²) >= 11 is 0. The molecule has 4 amide bonds. The van der Waals surface area contributed by atoms with Crippen molar-refractivity contribution < 1.29 is 19.2 Å². The molecule has 7 rings (SSSR count). The Kier molecular flexibility index (Phi) is 11.8. The smallest absolute Gasteiger partial charge is 0.261 e. The van der Waals surface area contributed by atoms with Crippen molar-refractivity contribution in [1.29, 1.82) is 0 Å². The molecule has 2 aliphatic rings. The summed E-state index contributed by atoms with van der Waals surface area (Å²) in [6.07, 6.45) is 13.5. The van der Waals surface area contributed by atoms with Crippen LogP contribution in [0.1, 0.15) is 178 Å². The van der Waals surface area contributed by atoms with Gasteiger partial charge in [-0.1, -0.05) is 117 Å². The van der Waals surface area contributed by atoms with Crippen molar-refractivity contribution in [3.05, 3.63) is 69.8 Å². The Morgan fingerprint density at radius 1 is 0.518 bits per heavy atom. The second-order valence-electron chi connectivity index (χ2n) is 16.4. The van der Waals surface area contributed by atoms with Crippen molar-refractivity contribution in [3.8, 4) is 11.8 Å². The highest BCUT2D eigenvalue weighted by atomic mass is 16.2. The van der Waals surface area contributed by atoms with E-state index in [4.69, 9.17) is 0 Å². The zero-order chi connectivity index (χ0) is 39.7. The quantitative estimate of drug-likeness (QED) is 0.0312. The van der Waals surface area contributed by atoms with Gasteiger partial charge in [-0.05, 0) is 95.3 Å². The SMILES string of the molecule is CCCCC#Cc1cc2c3c(ccc4c5c(CCCC)cc6c7c(ccc(c1c34)c75)C(=O)N(CC(CC)CCCC)C6=O)C(=O)N(CC(CC)CCCC)C2=O. The second-order valence-corrected chi connectivity index (χ2v) is 16.4. The van der Waals surface area contributed by atoms with Gasteiger partial charge in [-0.15, -0.1) is 0 Å². The Morgan fingerprint density at radius 2 is 1.00 bits per heavy atom. The number of carbonyl (C=O) groups is 4. The molecule has 6 heteroatoms. The van der Waals surface area contributed by atoms with Gasteiger partial charge in [-0.25, -0.2) is 0 Å². The van der Waals surface area contributed by atoms with E-state index in [0.29, 0.717) is 46.1 Å². The van der Waals surface area contributed by atoms with Gasteiger partial charge >= 0.3 is 0 Å². The number of benzene rings is 5. The monoisotopic (exact) mass is 750 g/mol. The third kappa shape index (κ3) is 6.65. The van der Waals surface area contributed by atoms with Gasteiger partial charge < -0.3 is 0 Å². The van der Waals surface area contributed by atoms with Crippen LogP contribution in [0.3, 0.4) is 0 Å². The molecule has 0 saturated heterocycles. The first kappa shape index (κ1) is 39.5. The molecule has 292 valence electrons. The molecular formula is C50H58N2O4. The van der Waals surface area contributed by atoms with Crippen molar-refractivity contribution in [2.24, 2.45) is 11.8 Å². The average molecular weight is 751 g/mol. The van der Waals surface area contributed by atoms with E-state index in [9.17, 15) is 19.2 Å². The lowest BCUT2D eigenvalue weighted by Gasteiger charge is -2.33. The molecule has 0 bridgehead atoms. The third-order valence-corrected chi connectivity index (χ3v) is 12.7. The van der Waals surface area contributed by atoms with Crippen molar-refractivity contribution in [3.63, 3.8) is 0 Å². The first-order valence-corrected chi connectivity index (χ1v) is 21.7. The van der Waals surface area contributed by atoms with Gasteiger partial charge in [0.05, 0.1) is 0 Å². The van der Waals surface area contributed by atoms with E-state index in [-0.39, 0.29) is 35.5 Å². The average Bonchev–Trinajstić information content (AvgIpc) is 3.21. The summed E-state index contributed by atoms with van der Waals surface area (Å²) in [4.78, 5) is 61.1. The molecule has 2 heterocycles. The van der Waals surface area contributed by atoms with E-state index in [2.05, 4.69) is 65.5 Å². The first-order valence-electron chi connectivity index (χ1n) is 21.7. The number of nitrogens with zero attached hydrogens (tertiary/aromatic N) is 2. The van der Waals surface area contributed by atoms with E-state index < -0.39 is 0 Å². The van der Waals surface area contributed by atoms with Gasteiger partial charge in [-0.2, -0.15) is 0 Å². The highest BCUT2D eigenvalue weighted by Gasteiger charge is 2.39. The molecule has 5 aromatic carbocycles. The Labute approximate surface area is 332 Å². The van der Waals surface area contributed by atoms with E-state index in [1.165, 1.54) is 9.80 Å². The number of hydrogen-bond acceptors (Lipinski definition) is 4. The number of fused-ring (bicyclic) bond motifs is 2. The van der Waals surface area contributed by atoms with Gasteiger partial charge in [0.25, 0.3) is 23.6 Å². The maximum absolute atomic E-state index is 14.6. The van der Waals surface area contributed by atoms with Crippen LogP contribution in [0.4, 0.5) is 0 Å². The Morgan fingerprint density at radius 3 is 1.52 bits per heavy atom. The van der Waals surface area contributed by atoms with Crippen LogP contribution in [0.15, 0.2) is 36.4 Å². The molecule has 0 N–H and O–H groups in total. The fourth-order valence-electron chi connectivity index (χ4n) is 9.42. The summed E-state index contributed by atoms with van der Waals surface area (Å²) < 4.78 is 0. The number of carbonyl (C=O) groups excluding carboxylic acids is 4. The Bertz CT molecular complexity index is 2410. The molecule has 0 radical (unpaired) electrons. The highest BCUT2D eigenvalue weighted by Crippen LogP contribution is 2.49. The number of rotatable bonds is 17. The van der Waals surface area contributed by atoms with E-state index in [0.717, 1.165) is 133 Å². The van der Waals surface area contributed by atoms with Crippen LogP contribution in [0.25, 0.3) is 43.1 Å². The molecule has 0 saturated carbocycles. The molecule has 56 heavy (non-hydrogen) atoms. The van der Waals surface area contributed by atoms with Crippen LogP contribution in [0.5, 0.6) is 0 Å². The summed E-state index contributed by atoms with van der Waals surface area (Å²) in [6, 6.07) is 11.9. The predicted molar refractivity (Wildman–Crippen MR) is 230 cm³/mol. The van der Waals surface area contributed by atoms with Gasteiger partial charge in [0.2, 0.25) is 0 Å². The molecule has 0 spiro atoms. The van der Waals surface area contributed by atoms with Gasteiger partial charge in [-0.3, -0.25) is 29.0 Å². The lowest BCUT2D eigenvalue weighted by Crippen LogP contribution is -2.43. The molecule has 2 aliphatic heterocycles. The summed E-state index contributed by atoms with van der Waals surface area (Å²) in [7, 11) is 0. The van der Waals surface area contributed by atoms with Crippen molar-refractivity contribution in [2.75, 3.05) is 13.1 Å². The van der Waals surface area contributed by atoms with Crippen LogP contribution in [0.2, 0.25) is 0 Å². The molecule has 2 atom stereocenters. The minimum atomic E-state index is -0.249. The molecular weight excluding hydrogens is 693 g/mol. The summed E-state index contributed by atoms with van der Waals surface area (Å²) in [5.41, 5.74) is 4.05. The molecule has 2 unspecified atom stereocenters.